The van der Waals surface area contributed by atoms with Crippen LogP contribution >= 0.6 is 0 Å². The van der Waals surface area contributed by atoms with Gasteiger partial charge in [0.1, 0.15) is 5.75 Å². The van der Waals surface area contributed by atoms with Crippen LogP contribution in [0, 0.1) is 13.8 Å². The van der Waals surface area contributed by atoms with Crippen molar-refractivity contribution in [1.29, 1.82) is 0 Å². The third kappa shape index (κ3) is 4.05. The van der Waals surface area contributed by atoms with Gasteiger partial charge in [-0.1, -0.05) is 18.2 Å². The number of hydrogen-bond acceptors (Lipinski definition) is 3. The van der Waals surface area contributed by atoms with Gasteiger partial charge in [-0.15, -0.1) is 0 Å². The predicted molar refractivity (Wildman–Crippen MR) is 102 cm³/mol. The number of amides is 2. The van der Waals surface area contributed by atoms with Gasteiger partial charge in [-0.2, -0.15) is 0 Å². The molecule has 1 fully saturated rings. The molecule has 0 aliphatic carbocycles. The van der Waals surface area contributed by atoms with Crippen molar-refractivity contribution < 1.29 is 9.53 Å². The van der Waals surface area contributed by atoms with E-state index >= 15 is 0 Å². The molecule has 0 radical (unpaired) electrons. The third-order valence-electron chi connectivity index (χ3n) is 4.53. The van der Waals surface area contributed by atoms with E-state index in [4.69, 9.17) is 4.74 Å². The summed E-state index contributed by atoms with van der Waals surface area (Å²) in [6.07, 6.45) is 0. The Hall–Kier alpha value is -2.69. The van der Waals surface area contributed by atoms with E-state index in [1.165, 1.54) is 11.3 Å². The molecule has 1 heterocycles. The zero-order chi connectivity index (χ0) is 17.8. The van der Waals surface area contributed by atoms with Crippen LogP contribution in [-0.4, -0.2) is 44.2 Å². The van der Waals surface area contributed by atoms with Crippen LogP contribution in [0.4, 0.5) is 16.2 Å². The highest BCUT2D eigenvalue weighted by atomic mass is 16.5. The van der Waals surface area contributed by atoms with E-state index in [-0.39, 0.29) is 6.03 Å². The van der Waals surface area contributed by atoms with E-state index in [0.29, 0.717) is 24.5 Å². The number of methoxy groups -OCH3 is 1. The van der Waals surface area contributed by atoms with E-state index in [0.717, 1.165) is 18.7 Å². The van der Waals surface area contributed by atoms with Gasteiger partial charge in [0.25, 0.3) is 0 Å². The molecule has 25 heavy (non-hydrogen) atoms. The maximum atomic E-state index is 12.6. The molecule has 0 saturated carbocycles. The van der Waals surface area contributed by atoms with Gasteiger partial charge in [0.05, 0.1) is 12.8 Å². The van der Waals surface area contributed by atoms with Gasteiger partial charge in [0.15, 0.2) is 0 Å². The molecular formula is C20H25N3O2. The molecule has 5 nitrogen and oxygen atoms in total. The molecule has 5 heteroatoms. The molecule has 1 aliphatic rings. The first-order valence-corrected chi connectivity index (χ1v) is 8.59. The molecule has 0 atom stereocenters. The first-order valence-electron chi connectivity index (χ1n) is 8.59. The predicted octanol–water partition coefficient (Wildman–Crippen LogP) is 3.67. The molecule has 0 aromatic heterocycles. The second kappa shape index (κ2) is 7.47. The normalized spacial score (nSPS) is 14.4. The highest BCUT2D eigenvalue weighted by Gasteiger charge is 2.22. The summed E-state index contributed by atoms with van der Waals surface area (Å²) in [4.78, 5) is 16.8. The first kappa shape index (κ1) is 17.1. The lowest BCUT2D eigenvalue weighted by molar-refractivity contribution is 0.208. The molecule has 2 aromatic carbocycles. The number of carbonyl (C=O) groups excluding carboxylic acids is 1. The number of urea groups is 1. The Morgan fingerprint density at radius 2 is 1.72 bits per heavy atom. The number of nitrogens with zero attached hydrogens (tertiary/aromatic N) is 2. The van der Waals surface area contributed by atoms with Gasteiger partial charge in [0, 0.05) is 31.9 Å². The Morgan fingerprint density at radius 1 is 1.00 bits per heavy atom. The highest BCUT2D eigenvalue weighted by Crippen LogP contribution is 2.26. The van der Waals surface area contributed by atoms with Gasteiger partial charge in [-0.25, -0.2) is 4.79 Å². The van der Waals surface area contributed by atoms with Crippen LogP contribution in [-0.2, 0) is 0 Å². The van der Waals surface area contributed by atoms with Gasteiger partial charge in [-0.3, -0.25) is 0 Å². The lowest BCUT2D eigenvalue weighted by Crippen LogP contribution is -2.50. The molecule has 2 amide bonds. The monoisotopic (exact) mass is 339 g/mol. The summed E-state index contributed by atoms with van der Waals surface area (Å²) in [7, 11) is 1.61. The van der Waals surface area contributed by atoms with Crippen LogP contribution in [0.3, 0.4) is 0 Å². The van der Waals surface area contributed by atoms with E-state index in [9.17, 15) is 4.79 Å². The highest BCUT2D eigenvalue weighted by molar-refractivity contribution is 5.91. The zero-order valence-electron chi connectivity index (χ0n) is 15.1. The van der Waals surface area contributed by atoms with Crippen molar-refractivity contribution in [1.82, 2.24) is 4.90 Å². The minimum absolute atomic E-state index is 0.0761. The van der Waals surface area contributed by atoms with Crippen LogP contribution in [0.2, 0.25) is 0 Å². The maximum Gasteiger partial charge on any atom is 0.322 e. The van der Waals surface area contributed by atoms with E-state index in [1.807, 2.05) is 30.0 Å². The van der Waals surface area contributed by atoms with Crippen molar-refractivity contribution in [3.05, 3.63) is 53.6 Å². The number of piperazine rings is 1. The smallest absolute Gasteiger partial charge is 0.322 e. The number of nitrogens with one attached hydrogen (secondary N) is 1. The summed E-state index contributed by atoms with van der Waals surface area (Å²) < 4.78 is 5.33. The van der Waals surface area contributed by atoms with E-state index < -0.39 is 0 Å². The minimum Gasteiger partial charge on any atom is -0.495 e. The topological polar surface area (TPSA) is 44.8 Å². The minimum atomic E-state index is -0.0761. The quantitative estimate of drug-likeness (QED) is 0.928. The summed E-state index contributed by atoms with van der Waals surface area (Å²) in [5.74, 6) is 0.678. The van der Waals surface area contributed by atoms with Crippen molar-refractivity contribution in [2.75, 3.05) is 43.5 Å². The zero-order valence-corrected chi connectivity index (χ0v) is 15.1. The van der Waals surface area contributed by atoms with Gasteiger partial charge >= 0.3 is 6.03 Å². The molecule has 1 aliphatic heterocycles. The average molecular weight is 339 g/mol. The number of hydrogen-bond donors (Lipinski definition) is 1. The van der Waals surface area contributed by atoms with Crippen molar-refractivity contribution in [2.45, 2.75) is 13.8 Å². The number of anilines is 2. The number of aryl methyl sites for hydroxylation is 2. The molecular weight excluding hydrogens is 314 g/mol. The second-order valence-electron chi connectivity index (χ2n) is 6.45. The van der Waals surface area contributed by atoms with Crippen molar-refractivity contribution in [3.8, 4) is 5.75 Å². The van der Waals surface area contributed by atoms with Crippen LogP contribution in [0.1, 0.15) is 11.1 Å². The SMILES string of the molecule is COc1ccc(C)cc1NC(=O)N1CCN(c2cccc(C)c2)CC1. The van der Waals surface area contributed by atoms with Crippen molar-refractivity contribution in [3.63, 3.8) is 0 Å². The molecule has 1 N–H and O–H groups in total. The largest absolute Gasteiger partial charge is 0.495 e. The molecule has 3 rings (SSSR count). The van der Waals surface area contributed by atoms with Crippen LogP contribution in [0.15, 0.2) is 42.5 Å². The third-order valence-corrected chi connectivity index (χ3v) is 4.53. The van der Waals surface area contributed by atoms with E-state index in [1.54, 1.807) is 7.11 Å². The standard InChI is InChI=1S/C20H25N3O2/c1-15-5-4-6-17(13-15)22-9-11-23(12-10-22)20(24)21-18-14-16(2)7-8-19(18)25-3/h4-8,13-14H,9-12H2,1-3H3,(H,21,24). The van der Waals surface area contributed by atoms with Crippen molar-refractivity contribution >= 4 is 17.4 Å². The fraction of sp³-hybridized carbons (Fsp3) is 0.350. The average Bonchev–Trinajstić information content (AvgIpc) is 2.62. The molecule has 1 saturated heterocycles. The number of benzene rings is 2. The second-order valence-corrected chi connectivity index (χ2v) is 6.45. The Morgan fingerprint density at radius 3 is 2.40 bits per heavy atom. The van der Waals surface area contributed by atoms with Gasteiger partial charge in [0.2, 0.25) is 0 Å². The Balaban J connectivity index is 1.61. The number of rotatable bonds is 3. The number of ether oxygens (including phenoxy) is 1. The maximum absolute atomic E-state index is 12.6. The fourth-order valence-corrected chi connectivity index (χ4v) is 3.11. The Labute approximate surface area is 149 Å². The van der Waals surface area contributed by atoms with Crippen LogP contribution in [0.5, 0.6) is 5.75 Å². The van der Waals surface area contributed by atoms with Gasteiger partial charge in [-0.05, 0) is 49.2 Å². The van der Waals surface area contributed by atoms with Crippen LogP contribution < -0.4 is 15.0 Å². The molecule has 0 bridgehead atoms. The Kier molecular flexibility index (Phi) is 5.12. The summed E-state index contributed by atoms with van der Waals surface area (Å²) in [6.45, 7) is 7.17. The lowest BCUT2D eigenvalue weighted by atomic mass is 10.2. The molecule has 0 unspecified atom stereocenters. The first-order chi connectivity index (χ1) is 12.1. The molecule has 132 valence electrons. The summed E-state index contributed by atoms with van der Waals surface area (Å²) >= 11 is 0. The lowest BCUT2D eigenvalue weighted by Gasteiger charge is -2.36. The molecule has 0 spiro atoms. The van der Waals surface area contributed by atoms with E-state index in [2.05, 4.69) is 41.4 Å². The molecule has 2 aromatic rings. The summed E-state index contributed by atoms with van der Waals surface area (Å²) in [5, 5.41) is 2.98. The summed E-state index contributed by atoms with van der Waals surface area (Å²) in [6, 6.07) is 14.2. The summed E-state index contributed by atoms with van der Waals surface area (Å²) in [5.41, 5.74) is 4.28. The number of carbonyl (C=O) groups is 1. The van der Waals surface area contributed by atoms with Gasteiger partial charge < -0.3 is 19.9 Å². The van der Waals surface area contributed by atoms with Crippen LogP contribution in [0.25, 0.3) is 0 Å². The fourth-order valence-electron chi connectivity index (χ4n) is 3.11. The Bertz CT molecular complexity index is 752. The van der Waals surface area contributed by atoms with Crippen molar-refractivity contribution in [2.24, 2.45) is 0 Å².